The van der Waals surface area contributed by atoms with Crippen molar-refractivity contribution in [1.29, 1.82) is 0 Å². The Morgan fingerprint density at radius 3 is 1.96 bits per heavy atom. The zero-order valence-electron chi connectivity index (χ0n) is 13.8. The third-order valence-electron chi connectivity index (χ3n) is 4.78. The number of hydrogen-bond acceptors (Lipinski definition) is 0. The van der Waals surface area contributed by atoms with Gasteiger partial charge in [-0.25, -0.2) is 0 Å². The summed E-state index contributed by atoms with van der Waals surface area (Å²) in [7, 11) is 0. The molecule has 1 atom stereocenters. The highest BCUT2D eigenvalue weighted by molar-refractivity contribution is 9.10. The summed E-state index contributed by atoms with van der Waals surface area (Å²) in [6.07, 6.45) is 5.16. The largest absolute Gasteiger partial charge is 0.340 e. The van der Waals surface area contributed by atoms with Crippen LogP contribution in [0.25, 0.3) is 21.8 Å². The van der Waals surface area contributed by atoms with E-state index in [-0.39, 0.29) is 0 Å². The summed E-state index contributed by atoms with van der Waals surface area (Å²) >= 11 is 7.28. The first kappa shape index (κ1) is 17.0. The van der Waals surface area contributed by atoms with Crippen molar-refractivity contribution in [2.24, 2.45) is 5.92 Å². The van der Waals surface area contributed by atoms with E-state index in [2.05, 4.69) is 86.7 Å². The van der Waals surface area contributed by atoms with E-state index in [1.54, 1.807) is 0 Å². The fourth-order valence-corrected chi connectivity index (χ4v) is 4.11. The van der Waals surface area contributed by atoms with Gasteiger partial charge in [-0.3, -0.25) is 0 Å². The van der Waals surface area contributed by atoms with E-state index in [1.807, 2.05) is 0 Å². The van der Waals surface area contributed by atoms with Gasteiger partial charge in [0.2, 0.25) is 0 Å². The standard InChI is InChI=1S/C20H23Br2N/c1-3-5-6-14(4-2)13-23-19-11-15(21)7-9-17(19)18-10-8-16(22)12-20(18)23/h7-12,14H,3-6,13H2,1-2H3/t14-/m0/s1. The van der Waals surface area contributed by atoms with E-state index >= 15 is 0 Å². The van der Waals surface area contributed by atoms with E-state index in [0.29, 0.717) is 0 Å². The van der Waals surface area contributed by atoms with Crippen LogP contribution in [-0.4, -0.2) is 4.57 Å². The maximum absolute atomic E-state index is 3.64. The first-order valence-corrected chi connectivity index (χ1v) is 10.1. The van der Waals surface area contributed by atoms with Gasteiger partial charge in [0.05, 0.1) is 11.0 Å². The van der Waals surface area contributed by atoms with Crippen molar-refractivity contribution in [2.45, 2.75) is 46.1 Å². The van der Waals surface area contributed by atoms with Crippen molar-refractivity contribution in [3.05, 3.63) is 45.3 Å². The topological polar surface area (TPSA) is 4.93 Å². The number of hydrogen-bond donors (Lipinski definition) is 0. The molecule has 23 heavy (non-hydrogen) atoms. The minimum atomic E-state index is 0.742. The van der Waals surface area contributed by atoms with Crippen LogP contribution in [0.15, 0.2) is 45.3 Å². The van der Waals surface area contributed by atoms with E-state index in [0.717, 1.165) is 21.4 Å². The van der Waals surface area contributed by atoms with Crippen LogP contribution in [-0.2, 0) is 6.54 Å². The molecule has 1 heterocycles. The minimum Gasteiger partial charge on any atom is -0.340 e. The second-order valence-electron chi connectivity index (χ2n) is 6.35. The number of unbranched alkanes of at least 4 members (excludes halogenated alkanes) is 1. The molecule has 1 nitrogen and oxygen atoms in total. The number of fused-ring (bicyclic) bond motifs is 3. The number of halogens is 2. The van der Waals surface area contributed by atoms with E-state index in [4.69, 9.17) is 0 Å². The zero-order chi connectivity index (χ0) is 16.4. The third kappa shape index (κ3) is 3.51. The normalized spacial score (nSPS) is 13.0. The van der Waals surface area contributed by atoms with Crippen LogP contribution in [0.2, 0.25) is 0 Å². The molecule has 0 N–H and O–H groups in total. The molecule has 122 valence electrons. The van der Waals surface area contributed by atoms with Crippen LogP contribution in [0.3, 0.4) is 0 Å². The van der Waals surface area contributed by atoms with Crippen molar-refractivity contribution >= 4 is 53.7 Å². The molecule has 0 radical (unpaired) electrons. The molecule has 3 heteroatoms. The number of aromatic nitrogens is 1. The summed E-state index contributed by atoms with van der Waals surface area (Å²) in [5, 5.41) is 2.70. The molecule has 0 amide bonds. The van der Waals surface area contributed by atoms with Crippen LogP contribution < -0.4 is 0 Å². The van der Waals surface area contributed by atoms with Crippen molar-refractivity contribution in [3.8, 4) is 0 Å². The molecule has 0 fully saturated rings. The Balaban J connectivity index is 2.14. The Kier molecular flexibility index (Phi) is 5.48. The number of rotatable bonds is 6. The van der Waals surface area contributed by atoms with Gasteiger partial charge in [0.1, 0.15) is 0 Å². The molecule has 0 aliphatic carbocycles. The van der Waals surface area contributed by atoms with Crippen LogP contribution in [0.1, 0.15) is 39.5 Å². The van der Waals surface area contributed by atoms with E-state index in [1.165, 1.54) is 47.5 Å². The van der Waals surface area contributed by atoms with E-state index < -0.39 is 0 Å². The van der Waals surface area contributed by atoms with Crippen LogP contribution >= 0.6 is 31.9 Å². The summed E-state index contributed by atoms with van der Waals surface area (Å²) in [6.45, 7) is 5.70. The monoisotopic (exact) mass is 435 g/mol. The molecule has 0 spiro atoms. The third-order valence-corrected chi connectivity index (χ3v) is 5.76. The van der Waals surface area contributed by atoms with Gasteiger partial charge >= 0.3 is 0 Å². The predicted octanol–water partition coefficient (Wildman–Crippen LogP) is 7.54. The lowest BCUT2D eigenvalue weighted by Crippen LogP contribution is -2.10. The molecule has 0 unspecified atom stereocenters. The maximum Gasteiger partial charge on any atom is 0.0502 e. The lowest BCUT2D eigenvalue weighted by atomic mass is 9.99. The average Bonchev–Trinajstić information content (AvgIpc) is 2.83. The van der Waals surface area contributed by atoms with Crippen molar-refractivity contribution in [1.82, 2.24) is 4.57 Å². The number of nitrogens with zero attached hydrogens (tertiary/aromatic N) is 1. The molecule has 1 aromatic heterocycles. The summed E-state index contributed by atoms with van der Waals surface area (Å²) in [5.74, 6) is 0.742. The first-order valence-electron chi connectivity index (χ1n) is 8.51. The van der Waals surface area contributed by atoms with Gasteiger partial charge in [-0.05, 0) is 36.6 Å². The van der Waals surface area contributed by atoms with Crippen LogP contribution in [0.5, 0.6) is 0 Å². The van der Waals surface area contributed by atoms with Gasteiger partial charge in [-0.2, -0.15) is 0 Å². The van der Waals surface area contributed by atoms with Gasteiger partial charge in [0.25, 0.3) is 0 Å². The highest BCUT2D eigenvalue weighted by Crippen LogP contribution is 2.34. The first-order chi connectivity index (χ1) is 11.1. The van der Waals surface area contributed by atoms with Gasteiger partial charge in [0.15, 0.2) is 0 Å². The van der Waals surface area contributed by atoms with Crippen molar-refractivity contribution < 1.29 is 0 Å². The molecule has 0 bridgehead atoms. The summed E-state index contributed by atoms with van der Waals surface area (Å²) in [4.78, 5) is 0. The van der Waals surface area contributed by atoms with Crippen LogP contribution in [0, 0.1) is 5.92 Å². The van der Waals surface area contributed by atoms with Gasteiger partial charge in [-0.1, -0.05) is 77.1 Å². The van der Waals surface area contributed by atoms with Gasteiger partial charge in [-0.15, -0.1) is 0 Å². The smallest absolute Gasteiger partial charge is 0.0502 e. The molecular weight excluding hydrogens is 414 g/mol. The molecule has 0 saturated carbocycles. The lowest BCUT2D eigenvalue weighted by Gasteiger charge is -2.17. The molecule has 0 aliphatic heterocycles. The van der Waals surface area contributed by atoms with Crippen molar-refractivity contribution in [3.63, 3.8) is 0 Å². The predicted molar refractivity (Wildman–Crippen MR) is 108 cm³/mol. The number of benzene rings is 2. The molecule has 0 saturated heterocycles. The summed E-state index contributed by atoms with van der Waals surface area (Å²) in [5.41, 5.74) is 2.67. The Bertz CT molecular complexity index is 760. The highest BCUT2D eigenvalue weighted by atomic mass is 79.9. The van der Waals surface area contributed by atoms with Gasteiger partial charge < -0.3 is 4.57 Å². The Labute approximate surface area is 155 Å². The quantitative estimate of drug-likeness (QED) is 0.376. The van der Waals surface area contributed by atoms with E-state index in [9.17, 15) is 0 Å². The lowest BCUT2D eigenvalue weighted by molar-refractivity contribution is 0.401. The Morgan fingerprint density at radius 1 is 0.913 bits per heavy atom. The molecular formula is C20H23Br2N. The summed E-state index contributed by atoms with van der Waals surface area (Å²) < 4.78 is 4.81. The zero-order valence-corrected chi connectivity index (χ0v) is 17.0. The SMILES string of the molecule is CCCC[C@H](CC)Cn1c2cc(Br)ccc2c2ccc(Br)cc21. The fourth-order valence-electron chi connectivity index (χ4n) is 3.41. The Morgan fingerprint density at radius 2 is 1.48 bits per heavy atom. The minimum absolute atomic E-state index is 0.742. The molecule has 3 aromatic rings. The molecule has 2 aromatic carbocycles. The second kappa shape index (κ2) is 7.40. The maximum atomic E-state index is 3.64. The summed E-state index contributed by atoms with van der Waals surface area (Å²) in [6, 6.07) is 13.3. The van der Waals surface area contributed by atoms with Crippen molar-refractivity contribution in [2.75, 3.05) is 0 Å². The molecule has 0 aliphatic rings. The highest BCUT2D eigenvalue weighted by Gasteiger charge is 2.15. The molecule has 3 rings (SSSR count). The Hall–Kier alpha value is -0.800. The fraction of sp³-hybridized carbons (Fsp3) is 0.400. The van der Waals surface area contributed by atoms with Crippen LogP contribution in [0.4, 0.5) is 0 Å². The second-order valence-corrected chi connectivity index (χ2v) is 8.18. The average molecular weight is 437 g/mol. The van der Waals surface area contributed by atoms with Gasteiger partial charge in [0, 0.05) is 26.3 Å².